The van der Waals surface area contributed by atoms with Crippen molar-refractivity contribution >= 4 is 5.91 Å². The van der Waals surface area contributed by atoms with Crippen molar-refractivity contribution in [1.82, 2.24) is 9.88 Å². The summed E-state index contributed by atoms with van der Waals surface area (Å²) in [6, 6.07) is 3.51. The summed E-state index contributed by atoms with van der Waals surface area (Å²) in [6.07, 6.45) is 1.75. The number of carbonyl (C=O) groups excluding carboxylic acids is 1. The number of amides is 1. The lowest BCUT2D eigenvalue weighted by Gasteiger charge is -2.36. The molecule has 1 amide bonds. The lowest BCUT2D eigenvalue weighted by molar-refractivity contribution is 0.0647. The number of rotatable bonds is 2. The Kier molecular flexibility index (Phi) is 4.04. The minimum absolute atomic E-state index is 0.158. The van der Waals surface area contributed by atoms with Gasteiger partial charge in [0.15, 0.2) is 0 Å². The maximum absolute atomic E-state index is 12.4. The first kappa shape index (κ1) is 13.8. The molecule has 2 unspecified atom stereocenters. The van der Waals surface area contributed by atoms with E-state index in [2.05, 4.69) is 11.9 Å². The third kappa shape index (κ3) is 2.87. The third-order valence-electron chi connectivity index (χ3n) is 3.89. The maximum Gasteiger partial charge on any atom is 0.260 e. The fraction of sp³-hybridized carbons (Fsp3) is 0.571. The van der Waals surface area contributed by atoms with Crippen LogP contribution in [0, 0.1) is 12.8 Å². The van der Waals surface area contributed by atoms with Crippen molar-refractivity contribution in [2.45, 2.75) is 32.7 Å². The summed E-state index contributed by atoms with van der Waals surface area (Å²) >= 11 is 0. The van der Waals surface area contributed by atoms with Crippen LogP contribution >= 0.6 is 0 Å². The highest BCUT2D eigenvalue weighted by atomic mass is 16.2. The van der Waals surface area contributed by atoms with Crippen LogP contribution in [0.2, 0.25) is 0 Å². The largest absolute Gasteiger partial charge is 0.338 e. The molecule has 19 heavy (non-hydrogen) atoms. The van der Waals surface area contributed by atoms with Crippen LogP contribution in [0.3, 0.4) is 0 Å². The molecule has 3 N–H and O–H groups in total. The third-order valence-corrected chi connectivity index (χ3v) is 3.89. The molecule has 104 valence electrons. The molecule has 0 bridgehead atoms. The zero-order chi connectivity index (χ0) is 14.0. The van der Waals surface area contributed by atoms with Gasteiger partial charge in [-0.1, -0.05) is 13.3 Å². The number of likely N-dealkylation sites (tertiary alicyclic amines) is 1. The summed E-state index contributed by atoms with van der Waals surface area (Å²) in [7, 11) is 0. The zero-order valence-corrected chi connectivity index (χ0v) is 11.5. The molecule has 0 radical (unpaired) electrons. The number of nitrogens with two attached hydrogens (primary N) is 1. The molecule has 2 heterocycles. The van der Waals surface area contributed by atoms with Crippen LogP contribution in [0.25, 0.3) is 0 Å². The number of nitrogens with zero attached hydrogens (tertiary/aromatic N) is 1. The van der Waals surface area contributed by atoms with Crippen LogP contribution in [-0.4, -0.2) is 34.9 Å². The van der Waals surface area contributed by atoms with Gasteiger partial charge in [-0.15, -0.1) is 0 Å². The smallest absolute Gasteiger partial charge is 0.260 e. The summed E-state index contributed by atoms with van der Waals surface area (Å²) < 4.78 is 0. The fourth-order valence-corrected chi connectivity index (χ4v) is 2.58. The number of piperidine rings is 1. The van der Waals surface area contributed by atoms with E-state index in [0.29, 0.717) is 19.0 Å². The van der Waals surface area contributed by atoms with Gasteiger partial charge in [0.05, 0.1) is 0 Å². The van der Waals surface area contributed by atoms with Gasteiger partial charge in [0, 0.05) is 24.8 Å². The van der Waals surface area contributed by atoms with Gasteiger partial charge in [0.1, 0.15) is 5.56 Å². The first-order valence-electron chi connectivity index (χ1n) is 6.77. The lowest BCUT2D eigenvalue weighted by Crippen LogP contribution is -2.49. The first-order chi connectivity index (χ1) is 9.02. The van der Waals surface area contributed by atoms with Crippen LogP contribution < -0.4 is 11.3 Å². The van der Waals surface area contributed by atoms with Gasteiger partial charge in [0.25, 0.3) is 11.5 Å². The van der Waals surface area contributed by atoms with Gasteiger partial charge >= 0.3 is 0 Å². The van der Waals surface area contributed by atoms with E-state index in [1.165, 1.54) is 0 Å². The van der Waals surface area contributed by atoms with E-state index in [4.69, 9.17) is 5.73 Å². The highest BCUT2D eigenvalue weighted by Gasteiger charge is 2.29. The molecule has 0 saturated carbocycles. The summed E-state index contributed by atoms with van der Waals surface area (Å²) in [4.78, 5) is 28.6. The predicted octanol–water partition coefficient (Wildman–Crippen LogP) is 0.883. The van der Waals surface area contributed by atoms with Crippen LogP contribution in [0.4, 0.5) is 0 Å². The number of aromatic amines is 1. The number of H-pyrrole nitrogens is 1. The van der Waals surface area contributed by atoms with Crippen molar-refractivity contribution in [1.29, 1.82) is 0 Å². The topological polar surface area (TPSA) is 79.2 Å². The lowest BCUT2D eigenvalue weighted by atomic mass is 9.90. The van der Waals surface area contributed by atoms with Gasteiger partial charge in [-0.25, -0.2) is 0 Å². The molecule has 1 aromatic heterocycles. The van der Waals surface area contributed by atoms with Crippen molar-refractivity contribution in [2.75, 3.05) is 13.1 Å². The second-order valence-electron chi connectivity index (χ2n) is 5.26. The number of hydrogen-bond acceptors (Lipinski definition) is 3. The molecule has 1 aliphatic rings. The van der Waals surface area contributed by atoms with Crippen molar-refractivity contribution in [3.63, 3.8) is 0 Å². The molecule has 5 nitrogen and oxygen atoms in total. The summed E-state index contributed by atoms with van der Waals surface area (Å²) in [5.41, 5.74) is 6.70. The van der Waals surface area contributed by atoms with Crippen LogP contribution in [0.1, 0.15) is 35.8 Å². The molecule has 5 heteroatoms. The van der Waals surface area contributed by atoms with Gasteiger partial charge in [-0.3, -0.25) is 9.59 Å². The summed E-state index contributed by atoms with van der Waals surface area (Å²) in [5.74, 6) is 0.133. The Labute approximate surface area is 112 Å². The number of aryl methyl sites for hydroxylation is 1. The van der Waals surface area contributed by atoms with Gasteiger partial charge < -0.3 is 15.6 Å². The zero-order valence-electron chi connectivity index (χ0n) is 11.5. The summed E-state index contributed by atoms with van der Waals surface area (Å²) in [5, 5.41) is 0. The van der Waals surface area contributed by atoms with E-state index in [-0.39, 0.29) is 23.1 Å². The minimum Gasteiger partial charge on any atom is -0.338 e. The number of aromatic nitrogens is 1. The Hall–Kier alpha value is -1.62. The quantitative estimate of drug-likeness (QED) is 0.831. The van der Waals surface area contributed by atoms with E-state index in [0.717, 1.165) is 18.5 Å². The SMILES string of the molecule is CCC1CN(C(=O)c2ccc(C)[nH]c2=O)CCC1N. The molecule has 0 aromatic carbocycles. The molecular weight excluding hydrogens is 242 g/mol. The van der Waals surface area contributed by atoms with Crippen LogP contribution in [-0.2, 0) is 0 Å². The van der Waals surface area contributed by atoms with Gasteiger partial charge in [-0.2, -0.15) is 0 Å². The Morgan fingerprint density at radius 1 is 1.53 bits per heavy atom. The molecule has 2 rings (SSSR count). The monoisotopic (exact) mass is 263 g/mol. The van der Waals surface area contributed by atoms with E-state index < -0.39 is 0 Å². The molecule has 1 saturated heterocycles. The van der Waals surface area contributed by atoms with Crippen molar-refractivity contribution in [2.24, 2.45) is 11.7 Å². The van der Waals surface area contributed by atoms with E-state index in [1.807, 2.05) is 0 Å². The Balaban J connectivity index is 2.18. The molecule has 2 atom stereocenters. The molecule has 1 aromatic rings. The first-order valence-corrected chi connectivity index (χ1v) is 6.77. The number of nitrogens with one attached hydrogen (secondary N) is 1. The number of hydrogen-bond donors (Lipinski definition) is 2. The average Bonchev–Trinajstić information content (AvgIpc) is 2.38. The van der Waals surface area contributed by atoms with E-state index in [9.17, 15) is 9.59 Å². The number of carbonyl (C=O) groups is 1. The van der Waals surface area contributed by atoms with Gasteiger partial charge in [0.2, 0.25) is 0 Å². The Bertz CT molecular complexity index is 524. The van der Waals surface area contributed by atoms with Crippen LogP contribution in [0.5, 0.6) is 0 Å². The number of pyridine rings is 1. The maximum atomic E-state index is 12.4. The summed E-state index contributed by atoms with van der Waals surface area (Å²) in [6.45, 7) is 5.15. The minimum atomic E-state index is -0.312. The second kappa shape index (κ2) is 5.57. The molecular formula is C14H21N3O2. The average molecular weight is 263 g/mol. The normalized spacial score (nSPS) is 23.4. The van der Waals surface area contributed by atoms with Crippen LogP contribution in [0.15, 0.2) is 16.9 Å². The molecule has 0 spiro atoms. The molecule has 1 aliphatic heterocycles. The fourth-order valence-electron chi connectivity index (χ4n) is 2.58. The predicted molar refractivity (Wildman–Crippen MR) is 74.1 cm³/mol. The highest BCUT2D eigenvalue weighted by Crippen LogP contribution is 2.19. The standard InChI is InChI=1S/C14H21N3O2/c1-3-10-8-17(7-6-12(10)15)14(19)11-5-4-9(2)16-13(11)18/h4-5,10,12H,3,6-8,15H2,1-2H3,(H,16,18). The van der Waals surface area contributed by atoms with Gasteiger partial charge in [-0.05, 0) is 31.4 Å². The van der Waals surface area contributed by atoms with E-state index in [1.54, 1.807) is 24.0 Å². The van der Waals surface area contributed by atoms with Crippen molar-refractivity contribution in [3.05, 3.63) is 33.7 Å². The molecule has 0 aliphatic carbocycles. The van der Waals surface area contributed by atoms with Crippen molar-refractivity contribution in [3.8, 4) is 0 Å². The van der Waals surface area contributed by atoms with E-state index >= 15 is 0 Å². The van der Waals surface area contributed by atoms with Crippen molar-refractivity contribution < 1.29 is 4.79 Å². The Morgan fingerprint density at radius 2 is 2.26 bits per heavy atom. The second-order valence-corrected chi connectivity index (χ2v) is 5.26. The molecule has 1 fully saturated rings. The Morgan fingerprint density at radius 3 is 2.89 bits per heavy atom. The highest BCUT2D eigenvalue weighted by molar-refractivity contribution is 5.93.